The third-order valence-corrected chi connectivity index (χ3v) is 5.51. The first-order chi connectivity index (χ1) is 10.6. The molecule has 1 saturated heterocycles. The van der Waals surface area contributed by atoms with E-state index >= 15 is 0 Å². The van der Waals surface area contributed by atoms with Crippen LogP contribution in [-0.4, -0.2) is 29.3 Å². The summed E-state index contributed by atoms with van der Waals surface area (Å²) in [4.78, 5) is 15.6. The number of carbonyl (C=O) groups excluding carboxylic acids is 1. The minimum atomic E-state index is 0.0485. The zero-order chi connectivity index (χ0) is 15.9. The zero-order valence-electron chi connectivity index (χ0n) is 14.0. The maximum absolute atomic E-state index is 12.4. The Bertz CT molecular complexity index is 496. The van der Waals surface area contributed by atoms with Gasteiger partial charge in [0.15, 0.2) is 0 Å². The van der Waals surface area contributed by atoms with Gasteiger partial charge in [0.1, 0.15) is 0 Å². The van der Waals surface area contributed by atoms with Gasteiger partial charge in [-0.3, -0.25) is 0 Å². The molecule has 1 unspecified atom stereocenters. The van der Waals surface area contributed by atoms with Gasteiger partial charge in [-0.2, -0.15) is 0 Å². The average Bonchev–Trinajstić information content (AvgIpc) is 2.79. The molecule has 0 saturated carbocycles. The molecule has 0 spiro atoms. The molecule has 1 aromatic carbocycles. The van der Waals surface area contributed by atoms with Crippen molar-refractivity contribution < 1.29 is 4.79 Å². The fraction of sp³-hybridized carbons (Fsp3) is 0.611. The minimum Gasteiger partial charge on any atom is -0.325 e. The summed E-state index contributed by atoms with van der Waals surface area (Å²) in [5, 5.41) is 3.70. The molecule has 1 aliphatic heterocycles. The van der Waals surface area contributed by atoms with Gasteiger partial charge in [-0.1, -0.05) is 26.7 Å². The van der Waals surface area contributed by atoms with Crippen LogP contribution in [0.3, 0.4) is 0 Å². The highest BCUT2D eigenvalue weighted by Crippen LogP contribution is 2.28. The first-order valence-electron chi connectivity index (χ1n) is 8.43. The van der Waals surface area contributed by atoms with E-state index in [-0.39, 0.29) is 6.03 Å². The molecule has 0 aromatic heterocycles. The van der Waals surface area contributed by atoms with Gasteiger partial charge in [0.05, 0.1) is 0 Å². The van der Waals surface area contributed by atoms with Crippen molar-refractivity contribution in [1.29, 1.82) is 0 Å². The number of likely N-dealkylation sites (tertiary alicyclic amines) is 1. The SMILES string of the molecule is CCC(C)Sc1ccc(NC(=O)N2CCCCCC2)c(C)c1. The number of nitrogens with one attached hydrogen (secondary N) is 1. The zero-order valence-corrected chi connectivity index (χ0v) is 14.8. The predicted molar refractivity (Wildman–Crippen MR) is 95.8 cm³/mol. The molecule has 22 heavy (non-hydrogen) atoms. The molecular formula is C18H28N2OS. The molecule has 1 aliphatic rings. The molecule has 1 N–H and O–H groups in total. The third kappa shape index (κ3) is 4.94. The maximum Gasteiger partial charge on any atom is 0.321 e. The summed E-state index contributed by atoms with van der Waals surface area (Å²) >= 11 is 1.89. The molecule has 122 valence electrons. The van der Waals surface area contributed by atoms with Crippen LogP contribution in [0.1, 0.15) is 51.5 Å². The molecule has 0 aliphatic carbocycles. The second kappa shape index (κ2) is 8.47. The van der Waals surface area contributed by atoms with Crippen LogP contribution >= 0.6 is 11.8 Å². The van der Waals surface area contributed by atoms with Crippen molar-refractivity contribution in [1.82, 2.24) is 4.90 Å². The summed E-state index contributed by atoms with van der Waals surface area (Å²) in [5.41, 5.74) is 2.07. The van der Waals surface area contributed by atoms with E-state index in [1.165, 1.54) is 17.7 Å². The van der Waals surface area contributed by atoms with Crippen LogP contribution in [0.4, 0.5) is 10.5 Å². The molecule has 4 heteroatoms. The monoisotopic (exact) mass is 320 g/mol. The molecule has 0 bridgehead atoms. The Morgan fingerprint density at radius 2 is 1.95 bits per heavy atom. The van der Waals surface area contributed by atoms with E-state index < -0.39 is 0 Å². The molecule has 1 fully saturated rings. The number of nitrogens with zero attached hydrogens (tertiary/aromatic N) is 1. The summed E-state index contributed by atoms with van der Waals surface area (Å²) in [5.74, 6) is 0. The number of urea groups is 1. The van der Waals surface area contributed by atoms with E-state index in [0.29, 0.717) is 5.25 Å². The number of anilines is 1. The fourth-order valence-electron chi connectivity index (χ4n) is 2.63. The number of benzene rings is 1. The number of hydrogen-bond acceptors (Lipinski definition) is 2. The lowest BCUT2D eigenvalue weighted by Crippen LogP contribution is -2.35. The Morgan fingerprint density at radius 3 is 2.55 bits per heavy atom. The lowest BCUT2D eigenvalue weighted by atomic mass is 10.2. The summed E-state index contributed by atoms with van der Waals surface area (Å²) in [6.07, 6.45) is 5.89. The first-order valence-corrected chi connectivity index (χ1v) is 9.31. The van der Waals surface area contributed by atoms with Crippen LogP contribution in [0, 0.1) is 6.92 Å². The number of carbonyl (C=O) groups is 1. The molecule has 1 aromatic rings. The van der Waals surface area contributed by atoms with Crippen LogP contribution in [-0.2, 0) is 0 Å². The van der Waals surface area contributed by atoms with Crippen molar-refractivity contribution in [2.75, 3.05) is 18.4 Å². The van der Waals surface area contributed by atoms with Gasteiger partial charge >= 0.3 is 6.03 Å². The molecule has 1 heterocycles. The Balaban J connectivity index is 1.98. The Hall–Kier alpha value is -1.16. The van der Waals surface area contributed by atoms with Crippen molar-refractivity contribution in [3.05, 3.63) is 23.8 Å². The highest BCUT2D eigenvalue weighted by Gasteiger charge is 2.16. The molecule has 2 amide bonds. The van der Waals surface area contributed by atoms with Gasteiger partial charge in [-0.05, 0) is 49.9 Å². The summed E-state index contributed by atoms with van der Waals surface area (Å²) in [7, 11) is 0. The number of amides is 2. The third-order valence-electron chi connectivity index (χ3n) is 4.24. The van der Waals surface area contributed by atoms with E-state index in [1.54, 1.807) is 0 Å². The summed E-state index contributed by atoms with van der Waals surface area (Å²) in [6.45, 7) is 8.29. The van der Waals surface area contributed by atoms with Crippen molar-refractivity contribution in [2.24, 2.45) is 0 Å². The Kier molecular flexibility index (Phi) is 6.62. The Morgan fingerprint density at radius 1 is 1.27 bits per heavy atom. The van der Waals surface area contributed by atoms with Gasteiger partial charge in [0.2, 0.25) is 0 Å². The standard InChI is InChI=1S/C18H28N2OS/c1-4-15(3)22-16-9-10-17(14(2)13-16)19-18(21)20-11-7-5-6-8-12-20/h9-10,13,15H,4-8,11-12H2,1-3H3,(H,19,21). The van der Waals surface area contributed by atoms with Crippen LogP contribution in [0.2, 0.25) is 0 Å². The van der Waals surface area contributed by atoms with Gasteiger partial charge in [0, 0.05) is 28.9 Å². The topological polar surface area (TPSA) is 32.3 Å². The van der Waals surface area contributed by atoms with Crippen LogP contribution in [0.5, 0.6) is 0 Å². The van der Waals surface area contributed by atoms with Crippen molar-refractivity contribution >= 4 is 23.5 Å². The number of thioether (sulfide) groups is 1. The molecule has 2 rings (SSSR count). The largest absolute Gasteiger partial charge is 0.325 e. The van der Waals surface area contributed by atoms with Crippen molar-refractivity contribution in [2.45, 2.75) is 63.0 Å². The van der Waals surface area contributed by atoms with E-state index in [2.05, 4.69) is 38.2 Å². The van der Waals surface area contributed by atoms with E-state index in [1.807, 2.05) is 22.7 Å². The van der Waals surface area contributed by atoms with Crippen LogP contribution in [0.15, 0.2) is 23.1 Å². The number of aryl methyl sites for hydroxylation is 1. The molecule has 1 atom stereocenters. The van der Waals surface area contributed by atoms with Crippen molar-refractivity contribution in [3.63, 3.8) is 0 Å². The van der Waals surface area contributed by atoms with Gasteiger partial charge < -0.3 is 10.2 Å². The van der Waals surface area contributed by atoms with Gasteiger partial charge in [-0.15, -0.1) is 11.8 Å². The fourth-order valence-corrected chi connectivity index (χ4v) is 3.66. The quantitative estimate of drug-likeness (QED) is 0.764. The van der Waals surface area contributed by atoms with E-state index in [4.69, 9.17) is 0 Å². The van der Waals surface area contributed by atoms with Gasteiger partial charge in [-0.25, -0.2) is 4.79 Å². The molecular weight excluding hydrogens is 292 g/mol. The minimum absolute atomic E-state index is 0.0485. The number of rotatable bonds is 4. The van der Waals surface area contributed by atoms with Gasteiger partial charge in [0.25, 0.3) is 0 Å². The van der Waals surface area contributed by atoms with Crippen LogP contribution < -0.4 is 5.32 Å². The second-order valence-corrected chi connectivity index (χ2v) is 7.66. The van der Waals surface area contributed by atoms with E-state index in [0.717, 1.165) is 43.6 Å². The van der Waals surface area contributed by atoms with E-state index in [9.17, 15) is 4.79 Å². The maximum atomic E-state index is 12.4. The van der Waals surface area contributed by atoms with Crippen molar-refractivity contribution in [3.8, 4) is 0 Å². The average molecular weight is 321 g/mol. The highest BCUT2D eigenvalue weighted by molar-refractivity contribution is 7.99. The lowest BCUT2D eigenvalue weighted by Gasteiger charge is -2.21. The van der Waals surface area contributed by atoms with Crippen LogP contribution in [0.25, 0.3) is 0 Å². The summed E-state index contributed by atoms with van der Waals surface area (Å²) in [6, 6.07) is 6.37. The smallest absolute Gasteiger partial charge is 0.321 e. The highest BCUT2D eigenvalue weighted by atomic mass is 32.2. The second-order valence-electron chi connectivity index (χ2n) is 6.14. The molecule has 0 radical (unpaired) electrons. The first kappa shape index (κ1) is 17.2. The normalized spacial score (nSPS) is 17.0. The predicted octanol–water partition coefficient (Wildman–Crippen LogP) is 5.29. The lowest BCUT2D eigenvalue weighted by molar-refractivity contribution is 0.213. The Labute approximate surface area is 138 Å². The molecule has 3 nitrogen and oxygen atoms in total. The summed E-state index contributed by atoms with van der Waals surface area (Å²) < 4.78 is 0. The number of hydrogen-bond donors (Lipinski definition) is 1.